The molecule has 0 aliphatic carbocycles. The lowest BCUT2D eigenvalue weighted by Gasteiger charge is -2.01. The summed E-state index contributed by atoms with van der Waals surface area (Å²) in [6, 6.07) is 9.57. The first-order valence-corrected chi connectivity index (χ1v) is 5.10. The maximum absolute atomic E-state index is 12.2. The Labute approximate surface area is 97.0 Å². The molecule has 1 aromatic carbocycles. The summed E-state index contributed by atoms with van der Waals surface area (Å²) < 4.78 is 34.3. The molecule has 0 fully saturated rings. The SMILES string of the molecule is FC(F)c1nc(COCc2ccccc2)co1. The highest BCUT2D eigenvalue weighted by Gasteiger charge is 2.14. The third-order valence-corrected chi connectivity index (χ3v) is 2.12. The molecule has 0 radical (unpaired) electrons. The van der Waals surface area contributed by atoms with Gasteiger partial charge in [-0.05, 0) is 5.56 Å². The second kappa shape index (κ2) is 5.54. The summed E-state index contributed by atoms with van der Waals surface area (Å²) in [6.45, 7) is 0.572. The van der Waals surface area contributed by atoms with Crippen LogP contribution in [0.1, 0.15) is 23.6 Å². The van der Waals surface area contributed by atoms with Crippen LogP contribution in [0.2, 0.25) is 0 Å². The van der Waals surface area contributed by atoms with Gasteiger partial charge in [-0.15, -0.1) is 0 Å². The van der Waals surface area contributed by atoms with Crippen LogP contribution in [0.5, 0.6) is 0 Å². The fourth-order valence-electron chi connectivity index (χ4n) is 1.34. The van der Waals surface area contributed by atoms with Crippen LogP contribution >= 0.6 is 0 Å². The normalized spacial score (nSPS) is 11.0. The largest absolute Gasteiger partial charge is 0.443 e. The fourth-order valence-corrected chi connectivity index (χ4v) is 1.34. The maximum Gasteiger partial charge on any atom is 0.313 e. The van der Waals surface area contributed by atoms with E-state index in [0.29, 0.717) is 12.3 Å². The van der Waals surface area contributed by atoms with Crippen molar-refractivity contribution in [3.05, 3.63) is 53.7 Å². The van der Waals surface area contributed by atoms with Gasteiger partial charge in [0.25, 0.3) is 5.89 Å². The van der Waals surface area contributed by atoms with Gasteiger partial charge >= 0.3 is 6.43 Å². The molecule has 1 aromatic heterocycles. The highest BCUT2D eigenvalue weighted by Crippen LogP contribution is 2.17. The van der Waals surface area contributed by atoms with Crippen LogP contribution in [0, 0.1) is 0 Å². The molecule has 5 heteroatoms. The van der Waals surface area contributed by atoms with Crippen molar-refractivity contribution in [2.24, 2.45) is 0 Å². The van der Waals surface area contributed by atoms with Gasteiger partial charge in [-0.25, -0.2) is 4.98 Å². The zero-order valence-corrected chi connectivity index (χ0v) is 8.98. The summed E-state index contributed by atoms with van der Waals surface area (Å²) in [5.41, 5.74) is 1.39. The molecule has 0 amide bonds. The van der Waals surface area contributed by atoms with Gasteiger partial charge in [0.05, 0.1) is 13.2 Å². The van der Waals surface area contributed by atoms with Gasteiger partial charge in [-0.1, -0.05) is 30.3 Å². The predicted octanol–water partition coefficient (Wildman–Crippen LogP) is 3.33. The number of ether oxygens (including phenoxy) is 1. The molecule has 90 valence electrons. The average molecular weight is 239 g/mol. The van der Waals surface area contributed by atoms with E-state index in [0.717, 1.165) is 5.56 Å². The number of aromatic nitrogens is 1. The topological polar surface area (TPSA) is 35.3 Å². The molecule has 1 heterocycles. The predicted molar refractivity (Wildman–Crippen MR) is 56.4 cm³/mol. The Morgan fingerprint density at radius 3 is 2.59 bits per heavy atom. The van der Waals surface area contributed by atoms with E-state index in [1.54, 1.807) is 0 Å². The van der Waals surface area contributed by atoms with Crippen molar-refractivity contribution >= 4 is 0 Å². The van der Waals surface area contributed by atoms with Crippen molar-refractivity contribution in [1.82, 2.24) is 4.98 Å². The highest BCUT2D eigenvalue weighted by molar-refractivity contribution is 5.13. The van der Waals surface area contributed by atoms with Gasteiger partial charge in [-0.2, -0.15) is 8.78 Å². The lowest BCUT2D eigenvalue weighted by atomic mass is 10.2. The highest BCUT2D eigenvalue weighted by atomic mass is 19.3. The Balaban J connectivity index is 1.82. The molecule has 0 bridgehead atoms. The number of nitrogens with zero attached hydrogens (tertiary/aromatic N) is 1. The molecule has 2 rings (SSSR count). The van der Waals surface area contributed by atoms with E-state index < -0.39 is 12.3 Å². The molecule has 0 aliphatic rings. The zero-order chi connectivity index (χ0) is 12.1. The van der Waals surface area contributed by atoms with Crippen molar-refractivity contribution in [2.45, 2.75) is 19.6 Å². The molecule has 2 aromatic rings. The molecule has 0 unspecified atom stereocenters. The Morgan fingerprint density at radius 1 is 1.18 bits per heavy atom. The zero-order valence-electron chi connectivity index (χ0n) is 8.98. The van der Waals surface area contributed by atoms with Crippen LogP contribution in [-0.2, 0) is 18.0 Å². The van der Waals surface area contributed by atoms with Crippen LogP contribution in [0.25, 0.3) is 0 Å². The Hall–Kier alpha value is -1.75. The number of oxazole rings is 1. The van der Waals surface area contributed by atoms with Crippen LogP contribution < -0.4 is 0 Å². The summed E-state index contributed by atoms with van der Waals surface area (Å²) >= 11 is 0. The molecule has 0 N–H and O–H groups in total. The van der Waals surface area contributed by atoms with Crippen molar-refractivity contribution in [1.29, 1.82) is 0 Å². The first kappa shape index (κ1) is 11.7. The van der Waals surface area contributed by atoms with Crippen LogP contribution in [0.4, 0.5) is 8.78 Å². The third-order valence-electron chi connectivity index (χ3n) is 2.12. The molecular weight excluding hydrogens is 228 g/mol. The first-order chi connectivity index (χ1) is 8.25. The number of rotatable bonds is 5. The summed E-state index contributed by atoms with van der Waals surface area (Å²) in [4.78, 5) is 3.60. The maximum atomic E-state index is 12.2. The number of hydrogen-bond donors (Lipinski definition) is 0. The van der Waals surface area contributed by atoms with Crippen LogP contribution in [0.15, 0.2) is 41.0 Å². The first-order valence-electron chi connectivity index (χ1n) is 5.10. The van der Waals surface area contributed by atoms with Gasteiger partial charge in [0.15, 0.2) is 0 Å². The lowest BCUT2D eigenvalue weighted by Crippen LogP contribution is -1.94. The number of halogens is 2. The standard InChI is InChI=1S/C12H11F2NO2/c13-11(14)12-15-10(8-17-12)7-16-6-9-4-2-1-3-5-9/h1-5,8,11H,6-7H2. The van der Waals surface area contributed by atoms with Crippen LogP contribution in [-0.4, -0.2) is 4.98 Å². The number of alkyl halides is 2. The second-order valence-electron chi connectivity index (χ2n) is 3.46. The van der Waals surface area contributed by atoms with Gasteiger partial charge in [0.2, 0.25) is 0 Å². The van der Waals surface area contributed by atoms with Crippen molar-refractivity contribution in [3.63, 3.8) is 0 Å². The van der Waals surface area contributed by atoms with Gasteiger partial charge < -0.3 is 9.15 Å². The molecule has 0 atom stereocenters. The minimum absolute atomic E-state index is 0.158. The third kappa shape index (κ3) is 3.35. The lowest BCUT2D eigenvalue weighted by molar-refractivity contribution is 0.103. The minimum Gasteiger partial charge on any atom is -0.443 e. The van der Waals surface area contributed by atoms with Gasteiger partial charge in [-0.3, -0.25) is 0 Å². The van der Waals surface area contributed by atoms with E-state index in [9.17, 15) is 8.78 Å². The molecule has 0 saturated heterocycles. The van der Waals surface area contributed by atoms with Crippen molar-refractivity contribution < 1.29 is 17.9 Å². The number of benzene rings is 1. The van der Waals surface area contributed by atoms with Gasteiger partial charge in [0.1, 0.15) is 12.0 Å². The smallest absolute Gasteiger partial charge is 0.313 e. The second-order valence-corrected chi connectivity index (χ2v) is 3.46. The van der Waals surface area contributed by atoms with E-state index in [4.69, 9.17) is 4.74 Å². The summed E-state index contributed by atoms with van der Waals surface area (Å²) in [5, 5.41) is 0. The summed E-state index contributed by atoms with van der Waals surface area (Å²) in [5.74, 6) is -0.566. The molecule has 3 nitrogen and oxygen atoms in total. The number of hydrogen-bond acceptors (Lipinski definition) is 3. The van der Waals surface area contributed by atoms with Crippen LogP contribution in [0.3, 0.4) is 0 Å². The minimum atomic E-state index is -2.68. The van der Waals surface area contributed by atoms with Crippen molar-refractivity contribution in [2.75, 3.05) is 0 Å². The van der Waals surface area contributed by atoms with E-state index in [2.05, 4.69) is 9.40 Å². The monoisotopic (exact) mass is 239 g/mol. The molecule has 17 heavy (non-hydrogen) atoms. The van der Waals surface area contributed by atoms with E-state index in [1.807, 2.05) is 30.3 Å². The Kier molecular flexibility index (Phi) is 3.82. The molecule has 0 aliphatic heterocycles. The fraction of sp³-hybridized carbons (Fsp3) is 0.250. The Morgan fingerprint density at radius 2 is 1.94 bits per heavy atom. The summed E-state index contributed by atoms with van der Waals surface area (Å²) in [6.07, 6.45) is -1.50. The molecular formula is C12H11F2NO2. The van der Waals surface area contributed by atoms with E-state index in [1.165, 1.54) is 6.26 Å². The molecule has 0 spiro atoms. The van der Waals surface area contributed by atoms with Crippen molar-refractivity contribution in [3.8, 4) is 0 Å². The Bertz CT molecular complexity index is 457. The quantitative estimate of drug-likeness (QED) is 0.802. The molecule has 0 saturated carbocycles. The van der Waals surface area contributed by atoms with E-state index >= 15 is 0 Å². The average Bonchev–Trinajstić information content (AvgIpc) is 2.79. The van der Waals surface area contributed by atoms with Gasteiger partial charge in [0, 0.05) is 0 Å². The summed E-state index contributed by atoms with van der Waals surface area (Å²) in [7, 11) is 0. The van der Waals surface area contributed by atoms with E-state index in [-0.39, 0.29) is 6.61 Å².